The molecule has 0 aromatic rings. The summed E-state index contributed by atoms with van der Waals surface area (Å²) in [6.45, 7) is 12.1. The molecule has 1 fully saturated rings. The van der Waals surface area contributed by atoms with Gasteiger partial charge in [-0.1, -0.05) is 20.8 Å². The molecule has 2 heteroatoms. The van der Waals surface area contributed by atoms with Crippen LogP contribution >= 0.6 is 0 Å². The molecule has 88 valence electrons. The molecule has 1 atom stereocenters. The van der Waals surface area contributed by atoms with Crippen LogP contribution in [0.25, 0.3) is 0 Å². The molecule has 1 rings (SSSR count). The summed E-state index contributed by atoms with van der Waals surface area (Å²) in [6, 6.07) is 0. The first-order chi connectivity index (χ1) is 6.85. The van der Waals surface area contributed by atoms with E-state index in [9.17, 15) is 4.79 Å². The predicted molar refractivity (Wildman–Crippen MR) is 63.6 cm³/mol. The quantitative estimate of drug-likeness (QED) is 0.700. The molecular weight excluding hydrogens is 186 g/mol. The third-order valence-corrected chi connectivity index (χ3v) is 3.80. The van der Waals surface area contributed by atoms with Gasteiger partial charge in [-0.2, -0.15) is 0 Å². The molecule has 0 radical (unpaired) electrons. The SMILES string of the molecule is CC(C)CC(C)C(C)(C)N1CCCC1=O. The molecular formula is C13H25NO. The fraction of sp³-hybridized carbons (Fsp3) is 0.923. The van der Waals surface area contributed by atoms with Gasteiger partial charge in [-0.15, -0.1) is 0 Å². The first kappa shape index (κ1) is 12.5. The summed E-state index contributed by atoms with van der Waals surface area (Å²) in [5, 5.41) is 0. The van der Waals surface area contributed by atoms with E-state index in [0.717, 1.165) is 19.4 Å². The van der Waals surface area contributed by atoms with Gasteiger partial charge in [0.25, 0.3) is 0 Å². The maximum atomic E-state index is 11.7. The third kappa shape index (κ3) is 2.73. The van der Waals surface area contributed by atoms with E-state index in [1.54, 1.807) is 0 Å². The van der Waals surface area contributed by atoms with Crippen molar-refractivity contribution in [3.05, 3.63) is 0 Å². The lowest BCUT2D eigenvalue weighted by molar-refractivity contribution is -0.134. The number of rotatable bonds is 4. The summed E-state index contributed by atoms with van der Waals surface area (Å²) >= 11 is 0. The van der Waals surface area contributed by atoms with Gasteiger partial charge in [-0.05, 0) is 38.5 Å². The van der Waals surface area contributed by atoms with Crippen LogP contribution in [-0.2, 0) is 4.79 Å². The van der Waals surface area contributed by atoms with Crippen molar-refractivity contribution in [2.24, 2.45) is 11.8 Å². The normalized spacial score (nSPS) is 20.1. The molecule has 2 nitrogen and oxygen atoms in total. The van der Waals surface area contributed by atoms with Gasteiger partial charge in [0, 0.05) is 18.5 Å². The molecule has 1 unspecified atom stereocenters. The Balaban J connectivity index is 2.67. The number of hydrogen-bond donors (Lipinski definition) is 0. The van der Waals surface area contributed by atoms with E-state index in [4.69, 9.17) is 0 Å². The Kier molecular flexibility index (Phi) is 3.80. The van der Waals surface area contributed by atoms with E-state index in [2.05, 4.69) is 39.5 Å². The van der Waals surface area contributed by atoms with Crippen molar-refractivity contribution in [1.29, 1.82) is 0 Å². The number of hydrogen-bond acceptors (Lipinski definition) is 1. The van der Waals surface area contributed by atoms with E-state index >= 15 is 0 Å². The van der Waals surface area contributed by atoms with Gasteiger partial charge in [0.05, 0.1) is 0 Å². The molecule has 1 amide bonds. The molecule has 0 aromatic heterocycles. The number of carbonyl (C=O) groups is 1. The van der Waals surface area contributed by atoms with E-state index < -0.39 is 0 Å². The zero-order chi connectivity index (χ0) is 11.6. The highest BCUT2D eigenvalue weighted by Crippen LogP contribution is 2.32. The minimum Gasteiger partial charge on any atom is -0.337 e. The van der Waals surface area contributed by atoms with Crippen LogP contribution in [0.1, 0.15) is 53.9 Å². The van der Waals surface area contributed by atoms with Crippen LogP contribution in [0.15, 0.2) is 0 Å². The highest BCUT2D eigenvalue weighted by Gasteiger charge is 2.37. The highest BCUT2D eigenvalue weighted by atomic mass is 16.2. The van der Waals surface area contributed by atoms with Crippen molar-refractivity contribution in [2.45, 2.75) is 59.4 Å². The Morgan fingerprint density at radius 2 is 1.93 bits per heavy atom. The number of carbonyl (C=O) groups excluding carboxylic acids is 1. The van der Waals surface area contributed by atoms with Gasteiger partial charge in [0.2, 0.25) is 5.91 Å². The monoisotopic (exact) mass is 211 g/mol. The van der Waals surface area contributed by atoms with Crippen molar-refractivity contribution < 1.29 is 4.79 Å². The predicted octanol–water partition coefficient (Wildman–Crippen LogP) is 3.07. The summed E-state index contributed by atoms with van der Waals surface area (Å²) in [4.78, 5) is 13.8. The number of amides is 1. The van der Waals surface area contributed by atoms with Crippen molar-refractivity contribution in [2.75, 3.05) is 6.54 Å². The Labute approximate surface area is 94.0 Å². The molecule has 15 heavy (non-hydrogen) atoms. The first-order valence-electron chi connectivity index (χ1n) is 6.16. The lowest BCUT2D eigenvalue weighted by Gasteiger charge is -2.41. The average molecular weight is 211 g/mol. The molecule has 0 aromatic carbocycles. The third-order valence-electron chi connectivity index (χ3n) is 3.80. The summed E-state index contributed by atoms with van der Waals surface area (Å²) in [7, 11) is 0. The second-order valence-corrected chi connectivity index (χ2v) is 5.83. The summed E-state index contributed by atoms with van der Waals surface area (Å²) < 4.78 is 0. The van der Waals surface area contributed by atoms with Gasteiger partial charge in [-0.3, -0.25) is 4.79 Å². The molecule has 0 aliphatic carbocycles. The molecule has 1 aliphatic rings. The van der Waals surface area contributed by atoms with Gasteiger partial charge < -0.3 is 4.90 Å². The second-order valence-electron chi connectivity index (χ2n) is 5.83. The van der Waals surface area contributed by atoms with E-state index in [0.29, 0.717) is 17.7 Å². The standard InChI is InChI=1S/C13H25NO/c1-10(2)9-11(3)13(4,5)14-8-6-7-12(14)15/h10-11H,6-9H2,1-5H3. The van der Waals surface area contributed by atoms with Crippen molar-refractivity contribution in [1.82, 2.24) is 4.90 Å². The molecule has 1 aliphatic heterocycles. The Hall–Kier alpha value is -0.530. The topological polar surface area (TPSA) is 20.3 Å². The smallest absolute Gasteiger partial charge is 0.223 e. The van der Waals surface area contributed by atoms with E-state index in [1.165, 1.54) is 6.42 Å². The Bertz CT molecular complexity index is 233. The molecule has 0 saturated carbocycles. The summed E-state index contributed by atoms with van der Waals surface area (Å²) in [5.74, 6) is 1.62. The maximum Gasteiger partial charge on any atom is 0.223 e. The van der Waals surface area contributed by atoms with Crippen LogP contribution in [0.3, 0.4) is 0 Å². The second kappa shape index (κ2) is 4.54. The zero-order valence-corrected chi connectivity index (χ0v) is 10.8. The average Bonchev–Trinajstić information content (AvgIpc) is 2.50. The first-order valence-corrected chi connectivity index (χ1v) is 6.16. The minimum absolute atomic E-state index is 0.0256. The van der Waals surface area contributed by atoms with E-state index in [-0.39, 0.29) is 5.54 Å². The highest BCUT2D eigenvalue weighted by molar-refractivity contribution is 5.78. The van der Waals surface area contributed by atoms with Gasteiger partial charge >= 0.3 is 0 Å². The van der Waals surface area contributed by atoms with Crippen molar-refractivity contribution >= 4 is 5.91 Å². The number of likely N-dealkylation sites (tertiary alicyclic amines) is 1. The molecule has 1 heterocycles. The van der Waals surface area contributed by atoms with Crippen LogP contribution in [0, 0.1) is 11.8 Å². The van der Waals surface area contributed by atoms with Crippen LogP contribution < -0.4 is 0 Å². The van der Waals surface area contributed by atoms with Crippen LogP contribution in [-0.4, -0.2) is 22.9 Å². The Morgan fingerprint density at radius 1 is 1.33 bits per heavy atom. The zero-order valence-electron chi connectivity index (χ0n) is 10.8. The summed E-state index contributed by atoms with van der Waals surface area (Å²) in [5.41, 5.74) is 0.0256. The van der Waals surface area contributed by atoms with Crippen molar-refractivity contribution in [3.63, 3.8) is 0 Å². The fourth-order valence-electron chi connectivity index (χ4n) is 2.52. The van der Waals surface area contributed by atoms with E-state index in [1.807, 2.05) is 0 Å². The van der Waals surface area contributed by atoms with Gasteiger partial charge in [0.15, 0.2) is 0 Å². The molecule has 1 saturated heterocycles. The lowest BCUT2D eigenvalue weighted by Crippen LogP contribution is -2.49. The number of nitrogens with zero attached hydrogens (tertiary/aromatic N) is 1. The van der Waals surface area contributed by atoms with Gasteiger partial charge in [-0.25, -0.2) is 0 Å². The van der Waals surface area contributed by atoms with Crippen LogP contribution in [0.2, 0.25) is 0 Å². The van der Waals surface area contributed by atoms with Crippen molar-refractivity contribution in [3.8, 4) is 0 Å². The van der Waals surface area contributed by atoms with Gasteiger partial charge in [0.1, 0.15) is 0 Å². The largest absolute Gasteiger partial charge is 0.337 e. The van der Waals surface area contributed by atoms with Crippen LogP contribution in [0.5, 0.6) is 0 Å². The van der Waals surface area contributed by atoms with Crippen LogP contribution in [0.4, 0.5) is 0 Å². The minimum atomic E-state index is 0.0256. The molecule has 0 spiro atoms. The fourth-order valence-corrected chi connectivity index (χ4v) is 2.52. The molecule has 0 bridgehead atoms. The summed E-state index contributed by atoms with van der Waals surface area (Å²) in [6.07, 6.45) is 2.98. The maximum absolute atomic E-state index is 11.7. The Morgan fingerprint density at radius 3 is 2.33 bits per heavy atom. The molecule has 0 N–H and O–H groups in total. The lowest BCUT2D eigenvalue weighted by atomic mass is 9.82.